The number of carbonyl (C=O) groups is 1. The fraction of sp³-hybridized carbons (Fsp3) is 0.545. The van der Waals surface area contributed by atoms with Crippen molar-refractivity contribution in [2.24, 2.45) is 0 Å². The largest absolute Gasteiger partial charge is 0.448 e. The van der Waals surface area contributed by atoms with Gasteiger partial charge in [-0.2, -0.15) is 0 Å². The molecule has 90 valence electrons. The maximum absolute atomic E-state index is 11.3. The molecule has 16 heavy (non-hydrogen) atoms. The van der Waals surface area contributed by atoms with E-state index in [-0.39, 0.29) is 11.9 Å². The van der Waals surface area contributed by atoms with Gasteiger partial charge in [-0.3, -0.25) is 4.79 Å². The van der Waals surface area contributed by atoms with Gasteiger partial charge in [-0.25, -0.2) is 0 Å². The zero-order valence-electron chi connectivity index (χ0n) is 9.55. The van der Waals surface area contributed by atoms with Crippen LogP contribution in [-0.4, -0.2) is 18.5 Å². The molecule has 0 spiro atoms. The quantitative estimate of drug-likeness (QED) is 0.752. The van der Waals surface area contributed by atoms with Crippen LogP contribution in [0.2, 0.25) is 5.22 Å². The summed E-state index contributed by atoms with van der Waals surface area (Å²) in [5, 5.41) is 6.31. The second kappa shape index (κ2) is 6.55. The van der Waals surface area contributed by atoms with Crippen LogP contribution in [0.5, 0.6) is 0 Å². The second-order valence-electron chi connectivity index (χ2n) is 3.85. The van der Waals surface area contributed by atoms with Gasteiger partial charge in [0.2, 0.25) is 5.91 Å². The standard InChI is InChI=1S/C11H17ClN2O2/c1-8(2)14-11(15)5-6-13-7-9-3-4-10(12)16-9/h3-4,8,13H,5-7H2,1-2H3,(H,14,15). The lowest BCUT2D eigenvalue weighted by Crippen LogP contribution is -2.32. The highest BCUT2D eigenvalue weighted by molar-refractivity contribution is 6.28. The predicted octanol–water partition coefficient (Wildman–Crippen LogP) is 1.94. The maximum atomic E-state index is 11.3. The monoisotopic (exact) mass is 244 g/mol. The molecular formula is C11H17ClN2O2. The molecule has 0 unspecified atom stereocenters. The third-order valence-corrected chi connectivity index (χ3v) is 2.11. The Hall–Kier alpha value is -1.00. The lowest BCUT2D eigenvalue weighted by Gasteiger charge is -2.08. The molecule has 0 aliphatic carbocycles. The number of carbonyl (C=O) groups excluding carboxylic acids is 1. The first kappa shape index (κ1) is 13.1. The van der Waals surface area contributed by atoms with Gasteiger partial charge in [0, 0.05) is 19.0 Å². The number of hydrogen-bond donors (Lipinski definition) is 2. The van der Waals surface area contributed by atoms with Gasteiger partial charge >= 0.3 is 0 Å². The Labute approximate surface area is 100 Å². The smallest absolute Gasteiger partial charge is 0.221 e. The van der Waals surface area contributed by atoms with Gasteiger partial charge in [-0.1, -0.05) is 0 Å². The molecule has 0 saturated heterocycles. The number of rotatable bonds is 6. The molecule has 2 N–H and O–H groups in total. The Balaban J connectivity index is 2.10. The highest BCUT2D eigenvalue weighted by atomic mass is 35.5. The summed E-state index contributed by atoms with van der Waals surface area (Å²) in [7, 11) is 0. The zero-order valence-corrected chi connectivity index (χ0v) is 10.3. The summed E-state index contributed by atoms with van der Waals surface area (Å²) in [5.74, 6) is 0.828. The van der Waals surface area contributed by atoms with Gasteiger partial charge in [0.15, 0.2) is 5.22 Å². The molecule has 0 saturated carbocycles. The van der Waals surface area contributed by atoms with E-state index >= 15 is 0 Å². The topological polar surface area (TPSA) is 54.3 Å². The number of amides is 1. The fourth-order valence-corrected chi connectivity index (χ4v) is 1.42. The summed E-state index contributed by atoms with van der Waals surface area (Å²) in [6.45, 7) is 5.09. The van der Waals surface area contributed by atoms with Gasteiger partial charge in [0.1, 0.15) is 5.76 Å². The SMILES string of the molecule is CC(C)NC(=O)CCNCc1ccc(Cl)o1. The Bertz CT molecular complexity index is 336. The van der Waals surface area contributed by atoms with E-state index in [1.165, 1.54) is 0 Å². The molecule has 1 aromatic heterocycles. The molecule has 0 bridgehead atoms. The molecule has 0 aliphatic heterocycles. The highest BCUT2D eigenvalue weighted by Crippen LogP contribution is 2.12. The maximum Gasteiger partial charge on any atom is 0.221 e. The lowest BCUT2D eigenvalue weighted by atomic mass is 10.3. The van der Waals surface area contributed by atoms with Crippen LogP contribution in [0.4, 0.5) is 0 Å². The number of halogens is 1. The third-order valence-electron chi connectivity index (χ3n) is 1.91. The van der Waals surface area contributed by atoms with Gasteiger partial charge in [0.05, 0.1) is 6.54 Å². The van der Waals surface area contributed by atoms with E-state index in [1.807, 2.05) is 19.9 Å². The van der Waals surface area contributed by atoms with Crippen molar-refractivity contribution >= 4 is 17.5 Å². The van der Waals surface area contributed by atoms with E-state index in [2.05, 4.69) is 10.6 Å². The Kier molecular flexibility index (Phi) is 5.35. The highest BCUT2D eigenvalue weighted by Gasteiger charge is 2.03. The minimum atomic E-state index is 0.0555. The molecule has 5 heteroatoms. The molecule has 0 aromatic carbocycles. The average molecular weight is 245 g/mol. The normalized spacial score (nSPS) is 10.8. The van der Waals surface area contributed by atoms with E-state index in [1.54, 1.807) is 6.07 Å². The van der Waals surface area contributed by atoms with Crippen LogP contribution in [0.3, 0.4) is 0 Å². The van der Waals surface area contributed by atoms with E-state index in [9.17, 15) is 4.79 Å². The van der Waals surface area contributed by atoms with E-state index in [0.717, 1.165) is 5.76 Å². The van der Waals surface area contributed by atoms with Crippen molar-refractivity contribution in [2.75, 3.05) is 6.54 Å². The van der Waals surface area contributed by atoms with Crippen LogP contribution < -0.4 is 10.6 Å². The lowest BCUT2D eigenvalue weighted by molar-refractivity contribution is -0.121. The summed E-state index contributed by atoms with van der Waals surface area (Å²) >= 11 is 5.62. The van der Waals surface area contributed by atoms with Crippen molar-refractivity contribution in [3.05, 3.63) is 23.1 Å². The summed E-state index contributed by atoms with van der Waals surface area (Å²) < 4.78 is 5.16. The Morgan fingerprint density at radius 1 is 1.50 bits per heavy atom. The molecule has 1 rings (SSSR count). The van der Waals surface area contributed by atoms with Crippen LogP contribution in [0, 0.1) is 0 Å². The first-order chi connectivity index (χ1) is 7.58. The summed E-state index contributed by atoms with van der Waals surface area (Å²) in [4.78, 5) is 11.3. The number of furan rings is 1. The van der Waals surface area contributed by atoms with Gasteiger partial charge < -0.3 is 15.1 Å². The van der Waals surface area contributed by atoms with Gasteiger partial charge in [0.25, 0.3) is 0 Å². The van der Waals surface area contributed by atoms with Crippen molar-refractivity contribution in [1.29, 1.82) is 0 Å². The second-order valence-corrected chi connectivity index (χ2v) is 4.23. The first-order valence-corrected chi connectivity index (χ1v) is 5.70. The molecule has 1 heterocycles. The molecule has 4 nitrogen and oxygen atoms in total. The van der Waals surface area contributed by atoms with Crippen molar-refractivity contribution < 1.29 is 9.21 Å². The first-order valence-electron chi connectivity index (χ1n) is 5.32. The average Bonchev–Trinajstić information content (AvgIpc) is 2.58. The van der Waals surface area contributed by atoms with Gasteiger partial charge in [-0.15, -0.1) is 0 Å². The molecule has 0 radical (unpaired) electrons. The van der Waals surface area contributed by atoms with Crippen LogP contribution in [0.15, 0.2) is 16.5 Å². The van der Waals surface area contributed by atoms with Crippen LogP contribution in [0.1, 0.15) is 26.0 Å². The minimum Gasteiger partial charge on any atom is -0.448 e. The van der Waals surface area contributed by atoms with Crippen molar-refractivity contribution in [3.8, 4) is 0 Å². The molecule has 1 amide bonds. The predicted molar refractivity (Wildman–Crippen MR) is 63.3 cm³/mol. The van der Waals surface area contributed by atoms with Crippen molar-refractivity contribution in [3.63, 3.8) is 0 Å². The van der Waals surface area contributed by atoms with E-state index in [0.29, 0.717) is 24.7 Å². The number of nitrogens with one attached hydrogen (secondary N) is 2. The van der Waals surface area contributed by atoms with Gasteiger partial charge in [-0.05, 0) is 37.6 Å². The van der Waals surface area contributed by atoms with Crippen LogP contribution >= 0.6 is 11.6 Å². The molecular weight excluding hydrogens is 228 g/mol. The Morgan fingerprint density at radius 3 is 2.81 bits per heavy atom. The third kappa shape index (κ3) is 5.19. The minimum absolute atomic E-state index is 0.0555. The van der Waals surface area contributed by atoms with Crippen molar-refractivity contribution in [1.82, 2.24) is 10.6 Å². The molecule has 0 atom stereocenters. The van der Waals surface area contributed by atoms with Crippen LogP contribution in [-0.2, 0) is 11.3 Å². The molecule has 0 aliphatic rings. The Morgan fingerprint density at radius 2 is 2.25 bits per heavy atom. The summed E-state index contributed by atoms with van der Waals surface area (Å²) in [5.41, 5.74) is 0. The van der Waals surface area contributed by atoms with E-state index < -0.39 is 0 Å². The number of hydrogen-bond acceptors (Lipinski definition) is 3. The zero-order chi connectivity index (χ0) is 12.0. The van der Waals surface area contributed by atoms with Crippen molar-refractivity contribution in [2.45, 2.75) is 32.9 Å². The molecule has 0 fully saturated rings. The van der Waals surface area contributed by atoms with E-state index in [4.69, 9.17) is 16.0 Å². The fourth-order valence-electron chi connectivity index (χ4n) is 1.25. The molecule has 1 aromatic rings. The summed E-state index contributed by atoms with van der Waals surface area (Å²) in [6, 6.07) is 3.70. The summed E-state index contributed by atoms with van der Waals surface area (Å²) in [6.07, 6.45) is 0.465. The van der Waals surface area contributed by atoms with Crippen LogP contribution in [0.25, 0.3) is 0 Å².